The predicted octanol–water partition coefficient (Wildman–Crippen LogP) is 1.29. The first-order valence-electron chi connectivity index (χ1n) is 5.15. The van der Waals surface area contributed by atoms with Crippen molar-refractivity contribution in [2.24, 2.45) is 0 Å². The lowest BCUT2D eigenvalue weighted by molar-refractivity contribution is 0.0990. The number of hydrogen-bond acceptors (Lipinski definition) is 4. The molecule has 1 N–H and O–H groups in total. The molecule has 2 heterocycles. The Morgan fingerprint density at radius 3 is 2.67 bits per heavy atom. The Labute approximate surface area is 98.3 Å². The van der Waals surface area contributed by atoms with Crippen LogP contribution in [0.1, 0.15) is 5.76 Å². The molecule has 0 amide bonds. The Morgan fingerprint density at radius 1 is 1.33 bits per heavy atom. The number of likely N-dealkylation sites (N-methyl/N-ethyl adjacent to an activating group) is 1. The van der Waals surface area contributed by atoms with Gasteiger partial charge in [-0.3, -0.25) is 0 Å². The van der Waals surface area contributed by atoms with E-state index in [2.05, 4.69) is 38.3 Å². The van der Waals surface area contributed by atoms with Gasteiger partial charge in [-0.15, -0.1) is 0 Å². The van der Waals surface area contributed by atoms with Gasteiger partial charge in [0.2, 0.25) is 0 Å². The highest BCUT2D eigenvalue weighted by molar-refractivity contribution is 9.10. The Morgan fingerprint density at radius 2 is 2.07 bits per heavy atom. The Kier molecular flexibility index (Phi) is 3.80. The number of piperazine rings is 1. The van der Waals surface area contributed by atoms with Crippen LogP contribution in [-0.4, -0.2) is 43.1 Å². The smallest absolute Gasteiger partial charge is 0.169 e. The zero-order chi connectivity index (χ0) is 10.7. The molecule has 1 aliphatic heterocycles. The Hall–Kier alpha value is -0.360. The lowest BCUT2D eigenvalue weighted by atomic mass is 10.4. The van der Waals surface area contributed by atoms with Crippen LogP contribution in [0.15, 0.2) is 21.2 Å². The first kappa shape index (κ1) is 11.1. The summed E-state index contributed by atoms with van der Waals surface area (Å²) < 4.78 is 6.20. The number of furan rings is 1. The van der Waals surface area contributed by atoms with Crippen molar-refractivity contribution in [2.45, 2.75) is 6.54 Å². The summed E-state index contributed by atoms with van der Waals surface area (Å²) in [4.78, 5) is 2.33. The molecule has 0 aromatic carbocycles. The number of nitrogens with one attached hydrogen (secondary N) is 1. The van der Waals surface area contributed by atoms with Crippen molar-refractivity contribution in [3.8, 4) is 0 Å². The van der Waals surface area contributed by atoms with E-state index in [0.717, 1.165) is 43.2 Å². The molecule has 0 bridgehead atoms. The molecule has 1 aromatic heterocycles. The van der Waals surface area contributed by atoms with E-state index < -0.39 is 0 Å². The average molecular weight is 274 g/mol. The van der Waals surface area contributed by atoms with Crippen molar-refractivity contribution >= 4 is 15.9 Å². The molecular formula is C10H16BrN3O. The molecule has 0 atom stereocenters. The van der Waals surface area contributed by atoms with Gasteiger partial charge in [0.25, 0.3) is 0 Å². The average Bonchev–Trinajstić information content (AvgIpc) is 2.64. The van der Waals surface area contributed by atoms with Gasteiger partial charge in [0.05, 0.1) is 6.54 Å². The Bertz CT molecular complexity index is 307. The van der Waals surface area contributed by atoms with Crippen LogP contribution in [0.25, 0.3) is 0 Å². The van der Waals surface area contributed by atoms with Crippen LogP contribution in [0, 0.1) is 0 Å². The quantitative estimate of drug-likeness (QED) is 0.900. The molecule has 0 unspecified atom stereocenters. The van der Waals surface area contributed by atoms with E-state index in [1.165, 1.54) is 0 Å². The molecule has 1 saturated heterocycles. The van der Waals surface area contributed by atoms with E-state index >= 15 is 0 Å². The summed E-state index contributed by atoms with van der Waals surface area (Å²) in [5.41, 5.74) is 3.36. The molecule has 1 aliphatic rings. The monoisotopic (exact) mass is 273 g/mol. The van der Waals surface area contributed by atoms with E-state index in [-0.39, 0.29) is 0 Å². The molecule has 0 saturated carbocycles. The van der Waals surface area contributed by atoms with Crippen molar-refractivity contribution in [1.29, 1.82) is 0 Å². The van der Waals surface area contributed by atoms with Crippen LogP contribution < -0.4 is 5.43 Å². The van der Waals surface area contributed by atoms with Gasteiger partial charge < -0.3 is 9.32 Å². The molecule has 1 aromatic rings. The highest BCUT2D eigenvalue weighted by Crippen LogP contribution is 2.13. The third-order valence-corrected chi connectivity index (χ3v) is 3.04. The van der Waals surface area contributed by atoms with Crippen LogP contribution in [0.5, 0.6) is 0 Å². The van der Waals surface area contributed by atoms with E-state index in [4.69, 9.17) is 4.42 Å². The van der Waals surface area contributed by atoms with E-state index in [0.29, 0.717) is 0 Å². The fraction of sp³-hybridized carbons (Fsp3) is 0.600. The summed E-state index contributed by atoms with van der Waals surface area (Å²) in [5, 5.41) is 2.25. The standard InChI is InChI=1S/C10H16BrN3O/c1-13-4-6-14(7-5-13)12-8-9-2-3-10(11)15-9/h2-3,12H,4-8H2,1H3. The van der Waals surface area contributed by atoms with Crippen LogP contribution in [0.3, 0.4) is 0 Å². The van der Waals surface area contributed by atoms with Crippen LogP contribution in [0.2, 0.25) is 0 Å². The zero-order valence-electron chi connectivity index (χ0n) is 8.87. The third kappa shape index (κ3) is 3.31. The minimum Gasteiger partial charge on any atom is -0.453 e. The second kappa shape index (κ2) is 5.12. The van der Waals surface area contributed by atoms with E-state index in [1.807, 2.05) is 12.1 Å². The minimum absolute atomic E-state index is 0.759. The topological polar surface area (TPSA) is 31.6 Å². The zero-order valence-corrected chi connectivity index (χ0v) is 10.5. The number of nitrogens with zero attached hydrogens (tertiary/aromatic N) is 2. The van der Waals surface area contributed by atoms with Gasteiger partial charge >= 0.3 is 0 Å². The van der Waals surface area contributed by atoms with Gasteiger partial charge in [0.1, 0.15) is 5.76 Å². The van der Waals surface area contributed by atoms with Crippen LogP contribution in [0.4, 0.5) is 0 Å². The first-order chi connectivity index (χ1) is 7.24. The van der Waals surface area contributed by atoms with Gasteiger partial charge in [0.15, 0.2) is 4.67 Å². The van der Waals surface area contributed by atoms with Gasteiger partial charge in [-0.25, -0.2) is 10.4 Å². The van der Waals surface area contributed by atoms with Crippen LogP contribution in [-0.2, 0) is 6.54 Å². The molecule has 0 radical (unpaired) electrons. The number of halogens is 1. The molecule has 5 heteroatoms. The minimum atomic E-state index is 0.759. The van der Waals surface area contributed by atoms with E-state index in [1.54, 1.807) is 0 Å². The highest BCUT2D eigenvalue weighted by Gasteiger charge is 2.13. The SMILES string of the molecule is CN1CCN(NCc2ccc(Br)o2)CC1. The normalized spacial score (nSPS) is 19.6. The third-order valence-electron chi connectivity index (χ3n) is 2.61. The first-order valence-corrected chi connectivity index (χ1v) is 5.94. The van der Waals surface area contributed by atoms with Crippen molar-refractivity contribution in [3.05, 3.63) is 22.6 Å². The molecular weight excluding hydrogens is 258 g/mol. The van der Waals surface area contributed by atoms with Gasteiger partial charge in [-0.05, 0) is 35.1 Å². The summed E-state index contributed by atoms with van der Waals surface area (Å²) in [7, 11) is 2.15. The fourth-order valence-electron chi connectivity index (χ4n) is 1.60. The van der Waals surface area contributed by atoms with E-state index in [9.17, 15) is 0 Å². The molecule has 2 rings (SSSR count). The number of hydrogen-bond donors (Lipinski definition) is 1. The number of rotatable bonds is 3. The summed E-state index contributed by atoms with van der Waals surface area (Å²) in [6, 6.07) is 3.90. The molecule has 4 nitrogen and oxygen atoms in total. The van der Waals surface area contributed by atoms with Crippen molar-refractivity contribution < 1.29 is 4.42 Å². The Balaban J connectivity index is 1.74. The maximum Gasteiger partial charge on any atom is 0.169 e. The molecule has 1 fully saturated rings. The summed E-state index contributed by atoms with van der Waals surface area (Å²) in [5.74, 6) is 0.959. The van der Waals surface area contributed by atoms with Crippen molar-refractivity contribution in [2.75, 3.05) is 33.2 Å². The summed E-state index contributed by atoms with van der Waals surface area (Å²) in [6.07, 6.45) is 0. The van der Waals surface area contributed by atoms with Gasteiger partial charge in [-0.1, -0.05) is 0 Å². The van der Waals surface area contributed by atoms with Crippen molar-refractivity contribution in [1.82, 2.24) is 15.3 Å². The second-order valence-electron chi connectivity index (χ2n) is 3.83. The van der Waals surface area contributed by atoms with Crippen molar-refractivity contribution in [3.63, 3.8) is 0 Å². The molecule has 0 spiro atoms. The lowest BCUT2D eigenvalue weighted by Crippen LogP contribution is -2.50. The highest BCUT2D eigenvalue weighted by atomic mass is 79.9. The summed E-state index contributed by atoms with van der Waals surface area (Å²) in [6.45, 7) is 5.13. The molecule has 84 valence electrons. The maximum atomic E-state index is 5.41. The fourth-order valence-corrected chi connectivity index (χ4v) is 1.94. The lowest BCUT2D eigenvalue weighted by Gasteiger charge is -2.32. The second-order valence-corrected chi connectivity index (χ2v) is 4.61. The summed E-state index contributed by atoms with van der Waals surface area (Å²) >= 11 is 3.29. The number of hydrazine groups is 1. The van der Waals surface area contributed by atoms with Gasteiger partial charge in [-0.2, -0.15) is 0 Å². The maximum absolute atomic E-state index is 5.41. The van der Waals surface area contributed by atoms with Crippen LogP contribution >= 0.6 is 15.9 Å². The molecule has 15 heavy (non-hydrogen) atoms. The predicted molar refractivity (Wildman–Crippen MR) is 62.3 cm³/mol. The molecule has 0 aliphatic carbocycles. The largest absolute Gasteiger partial charge is 0.453 e. The van der Waals surface area contributed by atoms with Gasteiger partial charge in [0, 0.05) is 26.2 Å².